The number of benzene rings is 3. The molecule has 274 valence electrons. The van der Waals surface area contributed by atoms with Gasteiger partial charge in [0.15, 0.2) is 5.82 Å². The largest absolute Gasteiger partial charge is 0.349 e. The predicted molar refractivity (Wildman–Crippen MR) is 205 cm³/mol. The van der Waals surface area contributed by atoms with Crippen molar-refractivity contribution < 1.29 is 14.4 Å². The van der Waals surface area contributed by atoms with Gasteiger partial charge in [-0.05, 0) is 130 Å². The Bertz CT molecular complexity index is 1830. The van der Waals surface area contributed by atoms with Crippen molar-refractivity contribution in [3.63, 3.8) is 0 Å². The van der Waals surface area contributed by atoms with Gasteiger partial charge in [0.25, 0.3) is 5.91 Å². The number of amides is 3. The van der Waals surface area contributed by atoms with Crippen LogP contribution in [0.1, 0.15) is 68.3 Å². The Balaban J connectivity index is 1.15. The van der Waals surface area contributed by atoms with Crippen LogP contribution in [0.4, 0.5) is 5.69 Å². The first-order valence-corrected chi connectivity index (χ1v) is 18.8. The van der Waals surface area contributed by atoms with Gasteiger partial charge in [-0.15, -0.1) is 0 Å². The van der Waals surface area contributed by atoms with E-state index in [9.17, 15) is 14.4 Å². The molecule has 1 aliphatic heterocycles. The van der Waals surface area contributed by atoms with Crippen LogP contribution < -0.4 is 21.7 Å². The number of aromatic amines is 1. The molecule has 0 bridgehead atoms. The number of rotatable bonds is 12. The molecule has 2 aliphatic rings. The van der Waals surface area contributed by atoms with E-state index in [0.717, 1.165) is 73.9 Å². The first-order valence-electron chi connectivity index (χ1n) is 18.4. The summed E-state index contributed by atoms with van der Waals surface area (Å²) >= 11 is 5.89. The first kappa shape index (κ1) is 37.2. The number of likely N-dealkylation sites (tertiary alicyclic amines) is 1. The van der Waals surface area contributed by atoms with Crippen LogP contribution in [0.2, 0.25) is 5.28 Å². The highest BCUT2D eigenvalue weighted by Gasteiger charge is 2.30. The lowest BCUT2D eigenvalue weighted by Gasteiger charge is -2.34. The van der Waals surface area contributed by atoms with Crippen LogP contribution in [0.25, 0.3) is 22.5 Å². The van der Waals surface area contributed by atoms with E-state index in [4.69, 9.17) is 17.3 Å². The highest BCUT2D eigenvalue weighted by Crippen LogP contribution is 2.29. The van der Waals surface area contributed by atoms with Gasteiger partial charge in [0.05, 0.1) is 0 Å². The number of nitrogens with one attached hydrogen (secondary N) is 4. The van der Waals surface area contributed by atoms with Crippen LogP contribution in [-0.2, 0) is 16.0 Å². The van der Waals surface area contributed by atoms with Gasteiger partial charge in [-0.25, -0.2) is 5.10 Å². The minimum absolute atomic E-state index is 0.0709. The number of aromatic nitrogens is 3. The molecule has 52 heavy (non-hydrogen) atoms. The summed E-state index contributed by atoms with van der Waals surface area (Å²) in [5.41, 5.74) is 10.5. The summed E-state index contributed by atoms with van der Waals surface area (Å²) in [4.78, 5) is 47.3. The third-order valence-electron chi connectivity index (χ3n) is 10.5. The van der Waals surface area contributed by atoms with Crippen molar-refractivity contribution in [2.24, 2.45) is 17.6 Å². The average Bonchev–Trinajstić information content (AvgIpc) is 3.61. The standard InChI is InChI=1S/C40H49ClN8O3/c1-25(2)49-19-17-34(18-20-49)43-38(51)32-8-4-7-31(23-32)30-6-3-5-27(21-30)22-35(45-37(50)29-11-9-26(24-42)10-12-29)39(52)44-33-15-13-28(14-16-33)36-46-40(41)48-47-36/h3-8,13-16,21,23,25-26,29,34-35H,9-12,17-20,22,24,42H2,1-2H3,(H,43,51)(H,44,52)(H,45,50)(H,46,47,48). The van der Waals surface area contributed by atoms with E-state index in [2.05, 4.69) is 49.9 Å². The third-order valence-corrected chi connectivity index (χ3v) is 10.6. The second kappa shape index (κ2) is 17.3. The summed E-state index contributed by atoms with van der Waals surface area (Å²) in [5.74, 6) is 0.227. The fourth-order valence-electron chi connectivity index (χ4n) is 7.24. The number of nitrogens with zero attached hydrogens (tertiary/aromatic N) is 3. The van der Waals surface area contributed by atoms with Crippen LogP contribution in [0.15, 0.2) is 72.8 Å². The second-order valence-electron chi connectivity index (χ2n) is 14.4. The number of anilines is 1. The third kappa shape index (κ3) is 9.64. The van der Waals surface area contributed by atoms with Gasteiger partial charge in [-0.2, -0.15) is 10.1 Å². The van der Waals surface area contributed by atoms with E-state index in [1.54, 1.807) is 24.3 Å². The van der Waals surface area contributed by atoms with Gasteiger partial charge in [-0.3, -0.25) is 14.4 Å². The van der Waals surface area contributed by atoms with Crippen molar-refractivity contribution in [1.29, 1.82) is 0 Å². The first-order chi connectivity index (χ1) is 25.1. The molecule has 1 atom stereocenters. The molecular weight excluding hydrogens is 676 g/mol. The Kier molecular flexibility index (Phi) is 12.4. The molecule has 2 fully saturated rings. The summed E-state index contributed by atoms with van der Waals surface area (Å²) in [5, 5.41) is 16.2. The monoisotopic (exact) mass is 724 g/mol. The second-order valence-corrected chi connectivity index (χ2v) is 14.8. The lowest BCUT2D eigenvalue weighted by atomic mass is 9.81. The normalized spacial score (nSPS) is 18.9. The van der Waals surface area contributed by atoms with Crippen molar-refractivity contribution in [2.75, 3.05) is 25.0 Å². The molecule has 0 spiro atoms. The van der Waals surface area contributed by atoms with Crippen LogP contribution in [0, 0.1) is 11.8 Å². The summed E-state index contributed by atoms with van der Waals surface area (Å²) in [6.45, 7) is 7.01. The summed E-state index contributed by atoms with van der Waals surface area (Å²) in [6.07, 6.45) is 5.49. The van der Waals surface area contributed by atoms with E-state index in [-0.39, 0.29) is 41.4 Å². The van der Waals surface area contributed by atoms with Gasteiger partial charge >= 0.3 is 0 Å². The minimum atomic E-state index is -0.819. The van der Waals surface area contributed by atoms with Crippen LogP contribution in [-0.4, -0.2) is 75.6 Å². The number of H-pyrrole nitrogens is 1. The van der Waals surface area contributed by atoms with E-state index >= 15 is 0 Å². The highest BCUT2D eigenvalue weighted by molar-refractivity contribution is 6.28. The molecule has 1 aliphatic carbocycles. The quantitative estimate of drug-likeness (QED) is 0.123. The zero-order valence-electron chi connectivity index (χ0n) is 29.9. The number of piperidine rings is 1. The van der Waals surface area contributed by atoms with Gasteiger partial charge in [0, 0.05) is 54.3 Å². The van der Waals surface area contributed by atoms with Crippen LogP contribution in [0.3, 0.4) is 0 Å². The van der Waals surface area contributed by atoms with Crippen molar-refractivity contribution in [3.8, 4) is 22.5 Å². The van der Waals surface area contributed by atoms with Gasteiger partial charge in [-0.1, -0.05) is 36.4 Å². The molecule has 1 saturated carbocycles. The molecule has 6 rings (SSSR count). The Hall–Kier alpha value is -4.58. The van der Waals surface area contributed by atoms with Crippen molar-refractivity contribution in [2.45, 2.75) is 76.9 Å². The fourth-order valence-corrected chi connectivity index (χ4v) is 7.37. The van der Waals surface area contributed by atoms with Crippen LogP contribution >= 0.6 is 11.6 Å². The van der Waals surface area contributed by atoms with E-state index in [0.29, 0.717) is 35.6 Å². The number of carbonyl (C=O) groups excluding carboxylic acids is 3. The topological polar surface area (TPSA) is 158 Å². The molecule has 1 saturated heterocycles. The number of halogens is 1. The molecule has 0 radical (unpaired) electrons. The molecule has 1 aromatic heterocycles. The number of nitrogens with two attached hydrogens (primary N) is 1. The maximum absolute atomic E-state index is 13.8. The van der Waals surface area contributed by atoms with Gasteiger partial charge in [0.1, 0.15) is 6.04 Å². The maximum atomic E-state index is 13.8. The van der Waals surface area contributed by atoms with Crippen molar-refractivity contribution >= 4 is 35.0 Å². The Labute approximate surface area is 310 Å². The molecule has 12 heteroatoms. The average molecular weight is 725 g/mol. The number of carbonyl (C=O) groups is 3. The maximum Gasteiger partial charge on any atom is 0.251 e. The van der Waals surface area contributed by atoms with Crippen molar-refractivity contribution in [1.82, 2.24) is 30.7 Å². The molecule has 11 nitrogen and oxygen atoms in total. The molecule has 3 aromatic carbocycles. The molecule has 1 unspecified atom stereocenters. The van der Waals surface area contributed by atoms with Gasteiger partial charge < -0.3 is 26.6 Å². The van der Waals surface area contributed by atoms with Crippen molar-refractivity contribution in [3.05, 3.63) is 89.2 Å². The minimum Gasteiger partial charge on any atom is -0.349 e. The lowest BCUT2D eigenvalue weighted by Crippen LogP contribution is -2.48. The summed E-state index contributed by atoms with van der Waals surface area (Å²) in [7, 11) is 0. The zero-order chi connectivity index (χ0) is 36.6. The molecule has 4 aromatic rings. The molecule has 3 amide bonds. The van der Waals surface area contributed by atoms with E-state index in [1.807, 2.05) is 48.5 Å². The number of hydrogen-bond donors (Lipinski definition) is 5. The molecule has 2 heterocycles. The molecule has 6 N–H and O–H groups in total. The van der Waals surface area contributed by atoms with E-state index in [1.165, 1.54) is 0 Å². The fraction of sp³-hybridized carbons (Fsp3) is 0.425. The predicted octanol–water partition coefficient (Wildman–Crippen LogP) is 5.83. The Morgan fingerprint density at radius 3 is 2.25 bits per heavy atom. The van der Waals surface area contributed by atoms with E-state index < -0.39 is 6.04 Å². The lowest BCUT2D eigenvalue weighted by molar-refractivity contribution is -0.130. The Morgan fingerprint density at radius 2 is 1.60 bits per heavy atom. The smallest absolute Gasteiger partial charge is 0.251 e. The Morgan fingerprint density at radius 1 is 0.904 bits per heavy atom. The highest BCUT2D eigenvalue weighted by atomic mass is 35.5. The summed E-state index contributed by atoms with van der Waals surface area (Å²) < 4.78 is 0. The molecular formula is C40H49ClN8O3. The SMILES string of the molecule is CC(C)N1CCC(NC(=O)c2cccc(-c3cccc(CC(NC(=O)C4CCC(CN)CC4)C(=O)Nc4ccc(-c5n[nH]c(Cl)n5)cc4)c3)c2)CC1. The number of hydrogen-bond acceptors (Lipinski definition) is 7. The van der Waals surface area contributed by atoms with Crippen LogP contribution in [0.5, 0.6) is 0 Å². The zero-order valence-corrected chi connectivity index (χ0v) is 30.7. The van der Waals surface area contributed by atoms with Gasteiger partial charge in [0.2, 0.25) is 17.1 Å². The summed E-state index contributed by atoms with van der Waals surface area (Å²) in [6, 6.07) is 22.5.